The predicted octanol–water partition coefficient (Wildman–Crippen LogP) is 3.90. The topological polar surface area (TPSA) is 71.5 Å². The molecule has 0 saturated carbocycles. The van der Waals surface area contributed by atoms with E-state index in [-0.39, 0.29) is 11.4 Å². The molecule has 0 unspecified atom stereocenters. The minimum atomic E-state index is -1.12. The van der Waals surface area contributed by atoms with Crippen LogP contribution in [-0.4, -0.2) is 22.6 Å². The van der Waals surface area contributed by atoms with Gasteiger partial charge < -0.3 is 15.2 Å². The van der Waals surface area contributed by atoms with Gasteiger partial charge in [-0.3, -0.25) is 0 Å². The molecular formula is C11H8Cl2N2O3S. The van der Waals surface area contributed by atoms with Crippen LogP contribution in [0, 0.1) is 0 Å². The Bertz CT molecular complexity index is 610. The molecule has 0 aliphatic carbocycles. The van der Waals surface area contributed by atoms with Crippen LogP contribution in [0.15, 0.2) is 18.2 Å². The molecule has 19 heavy (non-hydrogen) atoms. The van der Waals surface area contributed by atoms with Gasteiger partial charge in [0, 0.05) is 15.7 Å². The molecule has 0 radical (unpaired) electrons. The fourth-order valence-corrected chi connectivity index (χ4v) is 2.74. The third-order valence-corrected chi connectivity index (χ3v) is 3.37. The van der Waals surface area contributed by atoms with Gasteiger partial charge in [-0.2, -0.15) is 4.37 Å². The number of anilines is 2. The van der Waals surface area contributed by atoms with Gasteiger partial charge in [-0.25, -0.2) is 4.79 Å². The van der Waals surface area contributed by atoms with E-state index >= 15 is 0 Å². The van der Waals surface area contributed by atoms with Gasteiger partial charge in [0.1, 0.15) is 5.00 Å². The van der Waals surface area contributed by atoms with Crippen molar-refractivity contribution in [2.45, 2.75) is 0 Å². The number of nitrogens with zero attached hydrogens (tertiary/aromatic N) is 1. The Balaban J connectivity index is 2.38. The molecule has 2 aromatic rings. The Morgan fingerprint density at radius 1 is 1.37 bits per heavy atom. The van der Waals surface area contributed by atoms with E-state index in [9.17, 15) is 4.79 Å². The Hall–Kier alpha value is -1.50. The van der Waals surface area contributed by atoms with Crippen LogP contribution in [-0.2, 0) is 0 Å². The molecule has 0 spiro atoms. The quantitative estimate of drug-likeness (QED) is 0.894. The number of carboxylic acids is 1. The highest BCUT2D eigenvalue weighted by Gasteiger charge is 2.21. The maximum absolute atomic E-state index is 11.2. The zero-order valence-corrected chi connectivity index (χ0v) is 11.9. The SMILES string of the molecule is COc1nsc(Nc2cc(Cl)cc(Cl)c2)c1C(=O)O. The van der Waals surface area contributed by atoms with E-state index in [1.807, 2.05) is 0 Å². The summed E-state index contributed by atoms with van der Waals surface area (Å²) in [6, 6.07) is 4.84. The third kappa shape index (κ3) is 3.09. The summed E-state index contributed by atoms with van der Waals surface area (Å²) in [7, 11) is 1.36. The number of carbonyl (C=O) groups is 1. The molecule has 0 bridgehead atoms. The Kier molecular flexibility index (Phi) is 4.14. The van der Waals surface area contributed by atoms with Crippen molar-refractivity contribution >= 4 is 51.4 Å². The minimum Gasteiger partial charge on any atom is -0.480 e. The van der Waals surface area contributed by atoms with Crippen molar-refractivity contribution in [3.05, 3.63) is 33.8 Å². The number of methoxy groups -OCH3 is 1. The van der Waals surface area contributed by atoms with E-state index in [1.54, 1.807) is 18.2 Å². The standard InChI is InChI=1S/C11H8Cl2N2O3S/c1-18-9-8(11(16)17)10(19-15-9)14-7-3-5(12)2-6(13)4-7/h2-4,14H,1H3,(H,16,17). The predicted molar refractivity (Wildman–Crippen MR) is 75.4 cm³/mol. The van der Waals surface area contributed by atoms with Crippen LogP contribution >= 0.6 is 34.7 Å². The first-order valence-corrected chi connectivity index (χ1v) is 6.54. The second-order valence-electron chi connectivity index (χ2n) is 3.48. The summed E-state index contributed by atoms with van der Waals surface area (Å²) in [5, 5.41) is 13.3. The number of halogens is 2. The smallest absolute Gasteiger partial charge is 0.344 e. The molecule has 0 aliphatic rings. The minimum absolute atomic E-state index is 0.0244. The van der Waals surface area contributed by atoms with E-state index in [0.29, 0.717) is 20.7 Å². The zero-order chi connectivity index (χ0) is 14.0. The number of hydrogen-bond acceptors (Lipinski definition) is 5. The van der Waals surface area contributed by atoms with Crippen molar-refractivity contribution < 1.29 is 14.6 Å². The van der Waals surface area contributed by atoms with E-state index in [1.165, 1.54) is 7.11 Å². The molecule has 1 aromatic heterocycles. The number of ether oxygens (including phenoxy) is 1. The molecule has 100 valence electrons. The maximum atomic E-state index is 11.2. The normalized spacial score (nSPS) is 10.3. The average molecular weight is 319 g/mol. The van der Waals surface area contributed by atoms with Crippen molar-refractivity contribution in [2.75, 3.05) is 12.4 Å². The summed E-state index contributed by atoms with van der Waals surface area (Å²) < 4.78 is 8.81. The first kappa shape index (κ1) is 13.9. The molecule has 1 aromatic carbocycles. The Morgan fingerprint density at radius 2 is 2.00 bits per heavy atom. The van der Waals surface area contributed by atoms with Gasteiger partial charge >= 0.3 is 5.97 Å². The van der Waals surface area contributed by atoms with Gasteiger partial charge in [0.25, 0.3) is 0 Å². The van der Waals surface area contributed by atoms with Crippen LogP contribution < -0.4 is 10.1 Å². The lowest BCUT2D eigenvalue weighted by Gasteiger charge is -2.06. The largest absolute Gasteiger partial charge is 0.480 e. The number of nitrogens with one attached hydrogen (secondary N) is 1. The average Bonchev–Trinajstić information content (AvgIpc) is 2.70. The summed E-state index contributed by atoms with van der Waals surface area (Å²) in [5.41, 5.74) is 0.551. The van der Waals surface area contributed by atoms with Crippen molar-refractivity contribution in [2.24, 2.45) is 0 Å². The van der Waals surface area contributed by atoms with Gasteiger partial charge in [0.2, 0.25) is 5.88 Å². The van der Waals surface area contributed by atoms with Crippen LogP contribution in [0.5, 0.6) is 5.88 Å². The highest BCUT2D eigenvalue weighted by atomic mass is 35.5. The number of carboxylic acid groups (broad SMARTS) is 1. The van der Waals surface area contributed by atoms with E-state index in [2.05, 4.69) is 9.69 Å². The van der Waals surface area contributed by atoms with Crippen LogP contribution in [0.25, 0.3) is 0 Å². The molecule has 0 fully saturated rings. The molecule has 0 aliphatic heterocycles. The fourth-order valence-electron chi connectivity index (χ4n) is 1.45. The van der Waals surface area contributed by atoms with E-state index < -0.39 is 5.97 Å². The monoisotopic (exact) mass is 318 g/mol. The van der Waals surface area contributed by atoms with Crippen molar-refractivity contribution in [1.82, 2.24) is 4.37 Å². The second-order valence-corrected chi connectivity index (χ2v) is 5.13. The van der Waals surface area contributed by atoms with E-state index in [4.69, 9.17) is 33.0 Å². The summed E-state index contributed by atoms with van der Waals surface area (Å²) in [6.07, 6.45) is 0. The number of hydrogen-bond donors (Lipinski definition) is 2. The number of benzene rings is 1. The maximum Gasteiger partial charge on any atom is 0.344 e. The van der Waals surface area contributed by atoms with Crippen molar-refractivity contribution in [1.29, 1.82) is 0 Å². The van der Waals surface area contributed by atoms with Gasteiger partial charge in [-0.1, -0.05) is 23.2 Å². The lowest BCUT2D eigenvalue weighted by atomic mass is 10.3. The molecule has 1 heterocycles. The number of aromatic nitrogens is 1. The Labute approximate surface area is 122 Å². The third-order valence-electron chi connectivity index (χ3n) is 2.19. The molecule has 0 amide bonds. The summed E-state index contributed by atoms with van der Waals surface area (Å²) in [4.78, 5) is 11.2. The summed E-state index contributed by atoms with van der Waals surface area (Å²) in [5.74, 6) is -1.06. The summed E-state index contributed by atoms with van der Waals surface area (Å²) >= 11 is 12.7. The molecule has 2 N–H and O–H groups in total. The molecular weight excluding hydrogens is 311 g/mol. The van der Waals surface area contributed by atoms with Crippen LogP contribution in [0.3, 0.4) is 0 Å². The van der Waals surface area contributed by atoms with Gasteiger partial charge in [0.05, 0.1) is 7.11 Å². The number of rotatable bonds is 4. The van der Waals surface area contributed by atoms with Crippen LogP contribution in [0.2, 0.25) is 10.0 Å². The van der Waals surface area contributed by atoms with E-state index in [0.717, 1.165) is 11.5 Å². The van der Waals surface area contributed by atoms with Gasteiger partial charge in [-0.05, 0) is 29.7 Å². The molecule has 5 nitrogen and oxygen atoms in total. The highest BCUT2D eigenvalue weighted by Crippen LogP contribution is 2.34. The molecule has 8 heteroatoms. The lowest BCUT2D eigenvalue weighted by molar-refractivity contribution is 0.0694. The lowest BCUT2D eigenvalue weighted by Crippen LogP contribution is -2.01. The molecule has 0 atom stereocenters. The number of aromatic carboxylic acids is 1. The first-order valence-electron chi connectivity index (χ1n) is 5.01. The fraction of sp³-hybridized carbons (Fsp3) is 0.0909. The molecule has 0 saturated heterocycles. The first-order chi connectivity index (χ1) is 9.01. The Morgan fingerprint density at radius 3 is 2.53 bits per heavy atom. The van der Waals surface area contributed by atoms with Gasteiger partial charge in [0.15, 0.2) is 5.56 Å². The van der Waals surface area contributed by atoms with Gasteiger partial charge in [-0.15, -0.1) is 0 Å². The highest BCUT2D eigenvalue weighted by molar-refractivity contribution is 7.11. The zero-order valence-electron chi connectivity index (χ0n) is 9.61. The van der Waals surface area contributed by atoms with Crippen molar-refractivity contribution in [3.8, 4) is 5.88 Å². The summed E-state index contributed by atoms with van der Waals surface area (Å²) in [6.45, 7) is 0. The second kappa shape index (κ2) is 5.64. The molecule has 2 rings (SSSR count). The van der Waals surface area contributed by atoms with Crippen LogP contribution in [0.4, 0.5) is 10.7 Å². The van der Waals surface area contributed by atoms with Crippen LogP contribution in [0.1, 0.15) is 10.4 Å². The van der Waals surface area contributed by atoms with Crippen molar-refractivity contribution in [3.63, 3.8) is 0 Å².